The van der Waals surface area contributed by atoms with Crippen LogP contribution in [0, 0.1) is 0 Å². The van der Waals surface area contributed by atoms with Crippen LogP contribution in [0.25, 0.3) is 0 Å². The van der Waals surface area contributed by atoms with E-state index in [0.717, 1.165) is 18.4 Å². The van der Waals surface area contributed by atoms with Crippen LogP contribution in [-0.4, -0.2) is 29.3 Å². The second-order valence-electron chi connectivity index (χ2n) is 7.13. The van der Waals surface area contributed by atoms with Crippen molar-refractivity contribution in [2.75, 3.05) is 6.54 Å². The first-order valence-electron chi connectivity index (χ1n) is 10.1. The highest BCUT2D eigenvalue weighted by atomic mass is 35.5. The molecular weight excluding hydrogens is 443 g/mol. The Labute approximate surface area is 193 Å². The van der Waals surface area contributed by atoms with Crippen molar-refractivity contribution in [1.82, 2.24) is 10.2 Å². The summed E-state index contributed by atoms with van der Waals surface area (Å²) in [4.78, 5) is 27.7. The molecule has 0 aromatic heterocycles. The van der Waals surface area contributed by atoms with Gasteiger partial charge in [0.25, 0.3) is 0 Å². The molecule has 4 nitrogen and oxygen atoms in total. The van der Waals surface area contributed by atoms with Gasteiger partial charge in [0, 0.05) is 28.2 Å². The van der Waals surface area contributed by atoms with Gasteiger partial charge >= 0.3 is 0 Å². The number of nitrogens with zero attached hydrogens (tertiary/aromatic N) is 1. The Morgan fingerprint density at radius 3 is 2.27 bits per heavy atom. The summed E-state index contributed by atoms with van der Waals surface area (Å²) in [5.74, 6) is -0.317. The second-order valence-corrected chi connectivity index (χ2v) is 8.41. The van der Waals surface area contributed by atoms with E-state index in [2.05, 4.69) is 12.2 Å². The monoisotopic (exact) mass is 468 g/mol. The summed E-state index contributed by atoms with van der Waals surface area (Å²) in [6.07, 6.45) is 2.47. The first-order chi connectivity index (χ1) is 14.3. The third-order valence-electron chi connectivity index (χ3n) is 4.84. The van der Waals surface area contributed by atoms with Gasteiger partial charge in [0.15, 0.2) is 0 Å². The average Bonchev–Trinajstić information content (AvgIpc) is 2.71. The number of rotatable bonds is 10. The Balaban J connectivity index is 2.26. The summed E-state index contributed by atoms with van der Waals surface area (Å²) in [5, 5.41) is 4.51. The third kappa shape index (κ3) is 7.19. The lowest BCUT2D eigenvalue weighted by molar-refractivity contribution is -0.140. The van der Waals surface area contributed by atoms with Crippen molar-refractivity contribution < 1.29 is 9.59 Å². The normalized spacial score (nSPS) is 11.8. The van der Waals surface area contributed by atoms with Crippen molar-refractivity contribution >= 4 is 46.6 Å². The Hall–Kier alpha value is -1.75. The highest BCUT2D eigenvalue weighted by Gasteiger charge is 2.28. The molecule has 2 aromatic carbocycles. The highest BCUT2D eigenvalue weighted by molar-refractivity contribution is 6.35. The molecule has 1 unspecified atom stereocenters. The SMILES string of the molecule is CCCCNC(=O)C(CC)N(Cc1ccc(Cl)cc1)C(=O)Cc1ccc(Cl)cc1Cl. The van der Waals surface area contributed by atoms with E-state index in [0.29, 0.717) is 40.1 Å². The average molecular weight is 470 g/mol. The van der Waals surface area contributed by atoms with Gasteiger partial charge in [0.05, 0.1) is 6.42 Å². The Morgan fingerprint density at radius 2 is 1.67 bits per heavy atom. The van der Waals surface area contributed by atoms with Gasteiger partial charge in [-0.3, -0.25) is 9.59 Å². The zero-order valence-corrected chi connectivity index (χ0v) is 19.5. The molecule has 30 heavy (non-hydrogen) atoms. The summed E-state index contributed by atoms with van der Waals surface area (Å²) < 4.78 is 0. The topological polar surface area (TPSA) is 49.4 Å². The van der Waals surface area contributed by atoms with Gasteiger partial charge in [-0.2, -0.15) is 0 Å². The van der Waals surface area contributed by atoms with E-state index >= 15 is 0 Å². The van der Waals surface area contributed by atoms with Crippen molar-refractivity contribution in [3.8, 4) is 0 Å². The third-order valence-corrected chi connectivity index (χ3v) is 5.68. The molecule has 0 bridgehead atoms. The predicted octanol–water partition coefficient (Wildman–Crippen LogP) is 5.91. The maximum atomic E-state index is 13.3. The summed E-state index contributed by atoms with van der Waals surface area (Å²) in [7, 11) is 0. The minimum atomic E-state index is -0.573. The summed E-state index contributed by atoms with van der Waals surface area (Å²) in [6, 6.07) is 11.8. The predicted molar refractivity (Wildman–Crippen MR) is 124 cm³/mol. The number of amides is 2. The van der Waals surface area contributed by atoms with Gasteiger partial charge in [-0.05, 0) is 48.2 Å². The molecule has 2 rings (SSSR count). The molecule has 0 radical (unpaired) electrons. The number of benzene rings is 2. The van der Waals surface area contributed by atoms with Crippen molar-refractivity contribution in [3.63, 3.8) is 0 Å². The van der Waals surface area contributed by atoms with Crippen LogP contribution in [0.2, 0.25) is 15.1 Å². The Morgan fingerprint density at radius 1 is 1.00 bits per heavy atom. The zero-order valence-electron chi connectivity index (χ0n) is 17.3. The van der Waals surface area contributed by atoms with E-state index in [-0.39, 0.29) is 18.2 Å². The maximum absolute atomic E-state index is 13.3. The molecule has 0 heterocycles. The molecule has 0 saturated heterocycles. The fourth-order valence-electron chi connectivity index (χ4n) is 3.14. The lowest BCUT2D eigenvalue weighted by Crippen LogP contribution is -2.49. The number of nitrogens with one attached hydrogen (secondary N) is 1. The molecule has 0 fully saturated rings. The van der Waals surface area contributed by atoms with E-state index < -0.39 is 6.04 Å². The molecule has 1 atom stereocenters. The number of carbonyl (C=O) groups is 2. The van der Waals surface area contributed by atoms with Crippen LogP contribution in [0.3, 0.4) is 0 Å². The molecule has 1 N–H and O–H groups in total. The molecule has 0 aliphatic carbocycles. The van der Waals surface area contributed by atoms with Crippen LogP contribution in [0.1, 0.15) is 44.2 Å². The van der Waals surface area contributed by atoms with E-state index in [1.165, 1.54) is 0 Å². The van der Waals surface area contributed by atoms with Gasteiger partial charge in [-0.25, -0.2) is 0 Å². The molecule has 2 amide bonds. The van der Waals surface area contributed by atoms with Crippen LogP contribution in [0.15, 0.2) is 42.5 Å². The lowest BCUT2D eigenvalue weighted by Gasteiger charge is -2.31. The van der Waals surface area contributed by atoms with Crippen LogP contribution < -0.4 is 5.32 Å². The van der Waals surface area contributed by atoms with E-state index in [4.69, 9.17) is 34.8 Å². The fraction of sp³-hybridized carbons (Fsp3) is 0.391. The molecule has 0 aliphatic rings. The van der Waals surface area contributed by atoms with Crippen LogP contribution in [0.4, 0.5) is 0 Å². The fourth-order valence-corrected chi connectivity index (χ4v) is 3.74. The minimum absolute atomic E-state index is 0.0856. The number of hydrogen-bond donors (Lipinski definition) is 1. The smallest absolute Gasteiger partial charge is 0.242 e. The van der Waals surface area contributed by atoms with Crippen molar-refractivity contribution in [3.05, 3.63) is 68.7 Å². The Kier molecular flexibility index (Phi) is 9.96. The molecule has 0 saturated carbocycles. The summed E-state index contributed by atoms with van der Waals surface area (Å²) >= 11 is 18.2. The molecule has 0 spiro atoms. The molecule has 2 aromatic rings. The number of hydrogen-bond acceptors (Lipinski definition) is 2. The second kappa shape index (κ2) is 12.2. The van der Waals surface area contributed by atoms with E-state index in [1.54, 1.807) is 35.2 Å². The van der Waals surface area contributed by atoms with Crippen molar-refractivity contribution in [1.29, 1.82) is 0 Å². The van der Waals surface area contributed by atoms with Gasteiger partial charge in [-0.1, -0.05) is 73.3 Å². The largest absolute Gasteiger partial charge is 0.354 e. The van der Waals surface area contributed by atoms with Crippen LogP contribution >= 0.6 is 34.8 Å². The van der Waals surface area contributed by atoms with E-state index in [1.807, 2.05) is 19.1 Å². The van der Waals surface area contributed by atoms with Gasteiger partial charge in [0.1, 0.15) is 6.04 Å². The van der Waals surface area contributed by atoms with Crippen molar-refractivity contribution in [2.45, 2.75) is 52.1 Å². The Bertz CT molecular complexity index is 856. The quantitative estimate of drug-likeness (QED) is 0.440. The lowest BCUT2D eigenvalue weighted by atomic mass is 10.1. The van der Waals surface area contributed by atoms with Gasteiger partial charge in [-0.15, -0.1) is 0 Å². The first kappa shape index (κ1) is 24.5. The number of unbranched alkanes of at least 4 members (excludes halogenated alkanes) is 1. The number of carbonyl (C=O) groups excluding carboxylic acids is 2. The van der Waals surface area contributed by atoms with Crippen LogP contribution in [-0.2, 0) is 22.6 Å². The standard InChI is InChI=1S/C23H27Cl3N2O2/c1-3-5-12-27-23(30)21(4-2)28(15-16-6-9-18(24)10-7-16)22(29)13-17-8-11-19(25)14-20(17)26/h6-11,14,21H,3-5,12-13,15H2,1-2H3,(H,27,30). The maximum Gasteiger partial charge on any atom is 0.242 e. The molecule has 0 aliphatic heterocycles. The first-order valence-corrected chi connectivity index (χ1v) is 11.2. The van der Waals surface area contributed by atoms with Gasteiger partial charge < -0.3 is 10.2 Å². The van der Waals surface area contributed by atoms with E-state index in [9.17, 15) is 9.59 Å². The zero-order chi connectivity index (χ0) is 22.1. The molecule has 7 heteroatoms. The minimum Gasteiger partial charge on any atom is -0.354 e. The molecular formula is C23H27Cl3N2O2. The summed E-state index contributed by atoms with van der Waals surface area (Å²) in [6.45, 7) is 4.87. The molecule has 162 valence electrons. The van der Waals surface area contributed by atoms with Crippen molar-refractivity contribution in [2.24, 2.45) is 0 Å². The summed E-state index contributed by atoms with van der Waals surface area (Å²) in [5.41, 5.74) is 1.57. The van der Waals surface area contributed by atoms with Gasteiger partial charge in [0.2, 0.25) is 11.8 Å². The highest BCUT2D eigenvalue weighted by Crippen LogP contribution is 2.23. The number of halogens is 3. The van der Waals surface area contributed by atoms with Crippen LogP contribution in [0.5, 0.6) is 0 Å².